The smallest absolute Gasteiger partial charge is 0.228 e. The van der Waals surface area contributed by atoms with Crippen molar-refractivity contribution >= 4 is 28.9 Å². The molecule has 0 bridgehead atoms. The Labute approximate surface area is 130 Å². The number of rotatable bonds is 2. The first kappa shape index (κ1) is 14.7. The number of hydrogen-bond donors (Lipinski definition) is 2. The van der Waals surface area contributed by atoms with E-state index in [1.807, 2.05) is 12.1 Å². The summed E-state index contributed by atoms with van der Waals surface area (Å²) in [5.74, 6) is 0.0175. The normalized spacial score (nSPS) is 25.6. The Hall–Kier alpha value is -1.26. The summed E-state index contributed by atoms with van der Waals surface area (Å²) in [7, 11) is 0. The Kier molecular flexibility index (Phi) is 3.22. The van der Waals surface area contributed by atoms with Gasteiger partial charge in [0.15, 0.2) is 0 Å². The fourth-order valence-electron chi connectivity index (χ4n) is 3.33. The van der Waals surface area contributed by atoms with E-state index in [1.165, 1.54) is 0 Å². The molecule has 114 valence electrons. The van der Waals surface area contributed by atoms with Gasteiger partial charge in [-0.05, 0) is 51.8 Å². The second kappa shape index (κ2) is 4.62. The van der Waals surface area contributed by atoms with Gasteiger partial charge in [0.25, 0.3) is 0 Å². The lowest BCUT2D eigenvalue weighted by molar-refractivity contribution is -0.115. The molecule has 1 aromatic carbocycles. The predicted molar refractivity (Wildman–Crippen MR) is 85.1 cm³/mol. The number of carbonyl (C=O) groups excluding carboxylic acids is 1. The lowest BCUT2D eigenvalue weighted by atomic mass is 9.94. The second-order valence-corrected chi connectivity index (χ2v) is 7.49. The molecular weight excluding hydrogens is 288 g/mol. The number of halogens is 1. The summed E-state index contributed by atoms with van der Waals surface area (Å²) < 4.78 is 6.10. The monoisotopic (exact) mass is 308 g/mol. The topological polar surface area (TPSA) is 50.4 Å². The van der Waals surface area contributed by atoms with Gasteiger partial charge in [-0.25, -0.2) is 0 Å². The van der Waals surface area contributed by atoms with Crippen LogP contribution in [0.15, 0.2) is 12.1 Å². The molecule has 2 aliphatic heterocycles. The molecule has 0 aromatic heterocycles. The molecule has 0 radical (unpaired) electrons. The van der Waals surface area contributed by atoms with Crippen LogP contribution in [0.3, 0.4) is 0 Å². The second-order valence-electron chi connectivity index (χ2n) is 7.08. The highest BCUT2D eigenvalue weighted by Gasteiger charge is 2.46. The van der Waals surface area contributed by atoms with Crippen LogP contribution in [0, 0.1) is 0 Å². The molecule has 2 heterocycles. The maximum absolute atomic E-state index is 11.5. The summed E-state index contributed by atoms with van der Waals surface area (Å²) in [5.41, 5.74) is 2.26. The van der Waals surface area contributed by atoms with Crippen LogP contribution in [0.4, 0.5) is 11.4 Å². The van der Waals surface area contributed by atoms with Crippen LogP contribution < -0.4 is 10.6 Å². The molecule has 1 unspecified atom stereocenters. The highest BCUT2D eigenvalue weighted by molar-refractivity contribution is 6.33. The van der Waals surface area contributed by atoms with Gasteiger partial charge < -0.3 is 15.4 Å². The zero-order valence-corrected chi connectivity index (χ0v) is 13.6. The van der Waals surface area contributed by atoms with Crippen LogP contribution in [0.25, 0.3) is 0 Å². The predicted octanol–water partition coefficient (Wildman–Crippen LogP) is 3.59. The van der Waals surface area contributed by atoms with Gasteiger partial charge in [0.1, 0.15) is 0 Å². The molecule has 21 heavy (non-hydrogen) atoms. The molecule has 1 saturated heterocycles. The number of hydrogen-bond acceptors (Lipinski definition) is 3. The maximum Gasteiger partial charge on any atom is 0.228 e. The van der Waals surface area contributed by atoms with Gasteiger partial charge in [0.05, 0.1) is 34.4 Å². The van der Waals surface area contributed by atoms with Crippen molar-refractivity contribution in [3.63, 3.8) is 0 Å². The van der Waals surface area contributed by atoms with E-state index in [0.717, 1.165) is 23.4 Å². The molecular formula is C16H21ClN2O2. The summed E-state index contributed by atoms with van der Waals surface area (Å²) in [6.07, 6.45) is 1.32. The fraction of sp³-hybridized carbons (Fsp3) is 0.562. The van der Waals surface area contributed by atoms with Crippen molar-refractivity contribution in [2.45, 2.75) is 57.8 Å². The van der Waals surface area contributed by atoms with Crippen molar-refractivity contribution in [2.75, 3.05) is 10.6 Å². The molecule has 0 saturated carbocycles. The third-order valence-electron chi connectivity index (χ3n) is 4.22. The van der Waals surface area contributed by atoms with Gasteiger partial charge in [-0.1, -0.05) is 11.6 Å². The molecule has 2 aliphatic rings. The van der Waals surface area contributed by atoms with Crippen LogP contribution in [-0.2, 0) is 16.0 Å². The number of carbonyl (C=O) groups is 1. The van der Waals surface area contributed by atoms with Gasteiger partial charge in [-0.15, -0.1) is 0 Å². The molecule has 0 spiro atoms. The van der Waals surface area contributed by atoms with E-state index in [2.05, 4.69) is 38.3 Å². The third-order valence-corrected chi connectivity index (χ3v) is 4.53. The van der Waals surface area contributed by atoms with Crippen LogP contribution in [0.1, 0.15) is 39.7 Å². The van der Waals surface area contributed by atoms with E-state index in [-0.39, 0.29) is 23.2 Å². The Bertz CT molecular complexity index is 611. The van der Waals surface area contributed by atoms with Gasteiger partial charge in [-0.2, -0.15) is 0 Å². The molecule has 1 fully saturated rings. The summed E-state index contributed by atoms with van der Waals surface area (Å²) >= 11 is 6.34. The van der Waals surface area contributed by atoms with E-state index in [0.29, 0.717) is 11.4 Å². The number of benzene rings is 1. The van der Waals surface area contributed by atoms with Crippen LogP contribution in [0.2, 0.25) is 5.02 Å². The lowest BCUT2D eigenvalue weighted by Crippen LogP contribution is -2.38. The summed E-state index contributed by atoms with van der Waals surface area (Å²) in [5, 5.41) is 6.94. The largest absolute Gasteiger partial charge is 0.378 e. The van der Waals surface area contributed by atoms with Crippen molar-refractivity contribution in [1.82, 2.24) is 0 Å². The minimum absolute atomic E-state index is 0.0175. The highest BCUT2D eigenvalue weighted by Crippen LogP contribution is 2.41. The van der Waals surface area contributed by atoms with E-state index >= 15 is 0 Å². The van der Waals surface area contributed by atoms with Gasteiger partial charge in [0.2, 0.25) is 5.91 Å². The summed E-state index contributed by atoms with van der Waals surface area (Å²) in [6, 6.07) is 3.96. The Balaban J connectivity index is 1.86. The molecule has 4 nitrogen and oxygen atoms in total. The van der Waals surface area contributed by atoms with Crippen molar-refractivity contribution < 1.29 is 9.53 Å². The van der Waals surface area contributed by atoms with Crippen molar-refractivity contribution in [3.05, 3.63) is 22.7 Å². The maximum atomic E-state index is 11.5. The average Bonchev–Trinajstić information content (AvgIpc) is 2.75. The molecule has 3 rings (SSSR count). The summed E-state index contributed by atoms with van der Waals surface area (Å²) in [6.45, 7) is 8.38. The highest BCUT2D eigenvalue weighted by atomic mass is 35.5. The Morgan fingerprint density at radius 2 is 2.05 bits per heavy atom. The van der Waals surface area contributed by atoms with E-state index in [9.17, 15) is 4.79 Å². The molecule has 1 atom stereocenters. The van der Waals surface area contributed by atoms with Crippen LogP contribution in [0.5, 0.6) is 0 Å². The average molecular weight is 309 g/mol. The number of amides is 1. The van der Waals surface area contributed by atoms with Gasteiger partial charge in [-0.3, -0.25) is 4.79 Å². The molecule has 1 amide bonds. The standard InChI is InChI=1S/C16H21ClN2O2/c1-15(2)8-13(16(3,4)21-15)18-12-5-9-6-14(20)19-11(9)7-10(12)17/h5,7,13,18H,6,8H2,1-4H3,(H,19,20). The fourth-order valence-corrected chi connectivity index (χ4v) is 3.55. The zero-order valence-electron chi connectivity index (χ0n) is 12.8. The molecule has 0 aliphatic carbocycles. The minimum Gasteiger partial charge on any atom is -0.378 e. The van der Waals surface area contributed by atoms with Crippen molar-refractivity contribution in [2.24, 2.45) is 0 Å². The quantitative estimate of drug-likeness (QED) is 0.878. The number of fused-ring (bicyclic) bond motifs is 1. The van der Waals surface area contributed by atoms with Crippen molar-refractivity contribution in [1.29, 1.82) is 0 Å². The number of anilines is 2. The number of nitrogens with one attached hydrogen (secondary N) is 2. The van der Waals surface area contributed by atoms with E-state index in [1.54, 1.807) is 0 Å². The van der Waals surface area contributed by atoms with Crippen molar-refractivity contribution in [3.8, 4) is 0 Å². The van der Waals surface area contributed by atoms with E-state index < -0.39 is 0 Å². The third kappa shape index (κ3) is 2.74. The van der Waals surface area contributed by atoms with Gasteiger partial charge in [0, 0.05) is 5.69 Å². The first-order valence-corrected chi connectivity index (χ1v) is 7.63. The molecule has 1 aromatic rings. The summed E-state index contributed by atoms with van der Waals surface area (Å²) in [4.78, 5) is 11.5. The molecule has 2 N–H and O–H groups in total. The first-order valence-electron chi connectivity index (χ1n) is 7.25. The first-order chi connectivity index (χ1) is 9.66. The van der Waals surface area contributed by atoms with Crippen LogP contribution >= 0.6 is 11.6 Å². The SMILES string of the molecule is CC1(C)CC(Nc2cc3c(cc2Cl)NC(=O)C3)C(C)(C)O1. The Morgan fingerprint density at radius 1 is 1.33 bits per heavy atom. The minimum atomic E-state index is -0.264. The zero-order chi connectivity index (χ0) is 15.4. The molecule has 5 heteroatoms. The van der Waals surface area contributed by atoms with Gasteiger partial charge >= 0.3 is 0 Å². The van der Waals surface area contributed by atoms with E-state index in [4.69, 9.17) is 16.3 Å². The van der Waals surface area contributed by atoms with Crippen LogP contribution in [-0.4, -0.2) is 23.2 Å². The Morgan fingerprint density at radius 3 is 2.67 bits per heavy atom. The number of ether oxygens (including phenoxy) is 1. The lowest BCUT2D eigenvalue weighted by Gasteiger charge is -2.28.